The molecule has 1 aromatic carbocycles. The molecule has 0 aliphatic carbocycles. The minimum Gasteiger partial charge on any atom is -0.396 e. The molecule has 1 atom stereocenters. The predicted molar refractivity (Wildman–Crippen MR) is 69.8 cm³/mol. The van der Waals surface area contributed by atoms with Crippen molar-refractivity contribution in [2.75, 3.05) is 6.61 Å². The Hall–Kier alpha value is -0.470. The van der Waals surface area contributed by atoms with E-state index in [9.17, 15) is 0 Å². The number of thiol groups is 1. The van der Waals surface area contributed by atoms with Gasteiger partial charge in [0.05, 0.1) is 0 Å². The molecule has 0 spiro atoms. The minimum absolute atomic E-state index is 0.319. The quantitative estimate of drug-likeness (QED) is 0.750. The lowest BCUT2D eigenvalue weighted by Gasteiger charge is -2.07. The van der Waals surface area contributed by atoms with E-state index in [0.717, 1.165) is 11.3 Å². The largest absolute Gasteiger partial charge is 0.396 e. The van der Waals surface area contributed by atoms with Gasteiger partial charge in [-0.3, -0.25) is 0 Å². The minimum atomic E-state index is 0.319. The van der Waals surface area contributed by atoms with Crippen LogP contribution in [0.15, 0.2) is 29.2 Å². The molecular weight excluding hydrogens is 204 g/mol. The second-order valence-electron chi connectivity index (χ2n) is 3.62. The fraction of sp³-hybridized carbons (Fsp3) is 0.538. The zero-order chi connectivity index (χ0) is 11.7. The number of aliphatic hydroxyl groups is 1. The maximum atomic E-state index is 7.88. The molecule has 1 N–H and O–H groups in total. The van der Waals surface area contributed by atoms with Gasteiger partial charge < -0.3 is 5.11 Å². The molecule has 0 aromatic heterocycles. The molecule has 0 saturated carbocycles. The summed E-state index contributed by atoms with van der Waals surface area (Å²) in [5.41, 5.74) is 1.41. The maximum absolute atomic E-state index is 7.88. The Morgan fingerprint density at radius 2 is 1.67 bits per heavy atom. The van der Waals surface area contributed by atoms with E-state index in [-0.39, 0.29) is 0 Å². The van der Waals surface area contributed by atoms with E-state index in [0.29, 0.717) is 12.5 Å². The van der Waals surface area contributed by atoms with Crippen molar-refractivity contribution in [2.45, 2.75) is 44.4 Å². The predicted octanol–water partition coefficient (Wildman–Crippen LogP) is 3.88. The second kappa shape index (κ2) is 8.81. The third kappa shape index (κ3) is 6.58. The molecule has 0 saturated heterocycles. The highest BCUT2D eigenvalue weighted by Gasteiger charge is 2.00. The van der Waals surface area contributed by atoms with Gasteiger partial charge in [-0.05, 0) is 36.5 Å². The number of hydrogen-bond acceptors (Lipinski definition) is 2. The Morgan fingerprint density at radius 1 is 1.20 bits per heavy atom. The molecule has 0 aliphatic heterocycles. The molecule has 1 rings (SSSR count). The fourth-order valence-corrected chi connectivity index (χ4v) is 1.19. The maximum Gasteiger partial charge on any atom is 0.0428 e. The molecule has 0 amide bonds. The monoisotopic (exact) mass is 226 g/mol. The number of aliphatic hydroxyl groups excluding tert-OH is 1. The molecule has 0 heterocycles. The Morgan fingerprint density at radius 3 is 2.00 bits per heavy atom. The molecule has 1 nitrogen and oxygen atoms in total. The third-order valence-electron chi connectivity index (χ3n) is 2.30. The third-order valence-corrected chi connectivity index (χ3v) is 2.60. The van der Waals surface area contributed by atoms with Crippen molar-refractivity contribution in [3.8, 4) is 0 Å². The Kier molecular flexibility index (Phi) is 8.53. The zero-order valence-corrected chi connectivity index (χ0v) is 10.8. The summed E-state index contributed by atoms with van der Waals surface area (Å²) in [6.45, 7) is 6.70. The van der Waals surface area contributed by atoms with Crippen LogP contribution in [0.4, 0.5) is 0 Å². The van der Waals surface area contributed by atoms with E-state index in [4.69, 9.17) is 5.11 Å². The van der Waals surface area contributed by atoms with Crippen LogP contribution < -0.4 is 0 Å². The summed E-state index contributed by atoms with van der Waals surface area (Å²) in [5, 5.41) is 7.88. The highest BCUT2D eigenvalue weighted by Crippen LogP contribution is 2.19. The van der Waals surface area contributed by atoms with Crippen LogP contribution in [0.3, 0.4) is 0 Å². The average Bonchev–Trinajstić information content (AvgIpc) is 2.29. The van der Waals surface area contributed by atoms with E-state index >= 15 is 0 Å². The van der Waals surface area contributed by atoms with Crippen molar-refractivity contribution in [3.63, 3.8) is 0 Å². The first-order valence-corrected chi connectivity index (χ1v) is 6.00. The van der Waals surface area contributed by atoms with E-state index < -0.39 is 0 Å². The average molecular weight is 226 g/mol. The van der Waals surface area contributed by atoms with Gasteiger partial charge in [0.15, 0.2) is 0 Å². The highest BCUT2D eigenvalue weighted by atomic mass is 32.1. The molecule has 0 fully saturated rings. The van der Waals surface area contributed by atoms with E-state index in [1.54, 1.807) is 0 Å². The molecule has 0 bridgehead atoms. The SMILES string of the molecule is CCC(C)c1ccc(S)cc1.CCCO. The van der Waals surface area contributed by atoms with Crippen LogP contribution in [-0.2, 0) is 0 Å². The Labute approximate surface area is 98.9 Å². The van der Waals surface area contributed by atoms with Crippen LogP contribution in [0.2, 0.25) is 0 Å². The van der Waals surface area contributed by atoms with Crippen molar-refractivity contribution in [3.05, 3.63) is 29.8 Å². The smallest absolute Gasteiger partial charge is 0.0428 e. The summed E-state index contributed by atoms with van der Waals surface area (Å²) in [5.74, 6) is 0.670. The lowest BCUT2D eigenvalue weighted by Crippen LogP contribution is -1.89. The van der Waals surface area contributed by atoms with Gasteiger partial charge >= 0.3 is 0 Å². The van der Waals surface area contributed by atoms with Gasteiger partial charge in [0.1, 0.15) is 0 Å². The summed E-state index contributed by atoms with van der Waals surface area (Å²) in [4.78, 5) is 1.04. The van der Waals surface area contributed by atoms with E-state index in [2.05, 4.69) is 38.6 Å². The van der Waals surface area contributed by atoms with E-state index in [1.807, 2.05) is 19.1 Å². The molecule has 2 heteroatoms. The zero-order valence-electron chi connectivity index (χ0n) is 9.90. The highest BCUT2D eigenvalue weighted by molar-refractivity contribution is 7.80. The summed E-state index contributed by atoms with van der Waals surface area (Å²) in [6.07, 6.45) is 2.08. The summed E-state index contributed by atoms with van der Waals surface area (Å²) in [6, 6.07) is 8.39. The fourth-order valence-electron chi connectivity index (χ4n) is 1.04. The number of benzene rings is 1. The second-order valence-corrected chi connectivity index (χ2v) is 4.14. The lowest BCUT2D eigenvalue weighted by atomic mass is 9.99. The van der Waals surface area contributed by atoms with Crippen LogP contribution in [0.1, 0.15) is 45.1 Å². The normalized spacial score (nSPS) is 11.5. The molecule has 0 aliphatic rings. The van der Waals surface area contributed by atoms with Crippen LogP contribution in [0, 0.1) is 0 Å². The van der Waals surface area contributed by atoms with Gasteiger partial charge in [0.2, 0.25) is 0 Å². The Balaban J connectivity index is 0.000000423. The first-order valence-electron chi connectivity index (χ1n) is 5.55. The van der Waals surface area contributed by atoms with Crippen LogP contribution >= 0.6 is 12.6 Å². The molecule has 1 aromatic rings. The number of rotatable bonds is 3. The first kappa shape index (κ1) is 14.5. The molecule has 1 unspecified atom stereocenters. The van der Waals surface area contributed by atoms with Gasteiger partial charge in [-0.15, -0.1) is 12.6 Å². The lowest BCUT2D eigenvalue weighted by molar-refractivity contribution is 0.295. The first-order chi connectivity index (χ1) is 7.15. The standard InChI is InChI=1S/C10H14S.C3H8O/c1-3-8(2)9-4-6-10(11)7-5-9;1-2-3-4/h4-8,11H,3H2,1-2H3;4H,2-3H2,1H3. The molecule has 15 heavy (non-hydrogen) atoms. The van der Waals surface area contributed by atoms with Crippen LogP contribution in [0.25, 0.3) is 0 Å². The number of hydrogen-bond donors (Lipinski definition) is 2. The van der Waals surface area contributed by atoms with Gasteiger partial charge in [0, 0.05) is 11.5 Å². The van der Waals surface area contributed by atoms with Crippen molar-refractivity contribution in [1.82, 2.24) is 0 Å². The van der Waals surface area contributed by atoms with Crippen molar-refractivity contribution < 1.29 is 5.11 Å². The molecule has 86 valence electrons. The summed E-state index contributed by atoms with van der Waals surface area (Å²) >= 11 is 4.23. The van der Waals surface area contributed by atoms with Gasteiger partial charge in [0.25, 0.3) is 0 Å². The van der Waals surface area contributed by atoms with Crippen LogP contribution in [0.5, 0.6) is 0 Å². The van der Waals surface area contributed by atoms with Crippen molar-refractivity contribution >= 4 is 12.6 Å². The van der Waals surface area contributed by atoms with E-state index in [1.165, 1.54) is 12.0 Å². The van der Waals surface area contributed by atoms with Crippen LogP contribution in [-0.4, -0.2) is 11.7 Å². The summed E-state index contributed by atoms with van der Waals surface area (Å²) in [7, 11) is 0. The summed E-state index contributed by atoms with van der Waals surface area (Å²) < 4.78 is 0. The van der Waals surface area contributed by atoms with Gasteiger partial charge in [-0.1, -0.05) is 32.9 Å². The van der Waals surface area contributed by atoms with Gasteiger partial charge in [-0.2, -0.15) is 0 Å². The molecule has 0 radical (unpaired) electrons. The topological polar surface area (TPSA) is 20.2 Å². The van der Waals surface area contributed by atoms with Gasteiger partial charge in [-0.25, -0.2) is 0 Å². The Bertz CT molecular complexity index is 241. The van der Waals surface area contributed by atoms with Crippen molar-refractivity contribution in [2.24, 2.45) is 0 Å². The molecular formula is C13H22OS. The van der Waals surface area contributed by atoms with Crippen molar-refractivity contribution in [1.29, 1.82) is 0 Å².